The molecule has 1 fully saturated rings. The Bertz CT molecular complexity index is 350. The first-order chi connectivity index (χ1) is 7.75. The van der Waals surface area contributed by atoms with E-state index in [1.807, 2.05) is 0 Å². The molecular formula is C14H19NS. The third-order valence-corrected chi connectivity index (χ3v) is 3.61. The molecule has 0 saturated heterocycles. The summed E-state index contributed by atoms with van der Waals surface area (Å²) in [6, 6.07) is 9.04. The maximum Gasteiger partial charge on any atom is 0.106 e. The van der Waals surface area contributed by atoms with Gasteiger partial charge in [-0.2, -0.15) is 0 Å². The van der Waals surface area contributed by atoms with Gasteiger partial charge in [-0.3, -0.25) is 0 Å². The maximum atomic E-state index is 5.43. The molecule has 0 bridgehead atoms. The molecule has 1 N–H and O–H groups in total. The van der Waals surface area contributed by atoms with Gasteiger partial charge in [0.1, 0.15) is 4.99 Å². The van der Waals surface area contributed by atoms with E-state index in [0.717, 1.165) is 10.6 Å². The number of rotatable bonds is 2. The summed E-state index contributed by atoms with van der Waals surface area (Å²) in [4.78, 5) is 0.909. The lowest BCUT2D eigenvalue weighted by Crippen LogP contribution is -2.35. The van der Waals surface area contributed by atoms with Crippen molar-refractivity contribution < 1.29 is 0 Å². The molecule has 0 radical (unpaired) electrons. The van der Waals surface area contributed by atoms with Crippen LogP contribution in [0, 0.1) is 6.92 Å². The number of nitrogens with one attached hydrogen (secondary N) is 1. The Kier molecular flexibility index (Phi) is 3.94. The van der Waals surface area contributed by atoms with Crippen LogP contribution in [0.5, 0.6) is 0 Å². The molecule has 0 spiro atoms. The fraction of sp³-hybridized carbons (Fsp3) is 0.500. The highest BCUT2D eigenvalue weighted by atomic mass is 32.1. The van der Waals surface area contributed by atoms with Gasteiger partial charge < -0.3 is 5.32 Å². The highest BCUT2D eigenvalue weighted by molar-refractivity contribution is 7.80. The second-order valence-electron chi connectivity index (χ2n) is 4.67. The van der Waals surface area contributed by atoms with Crippen LogP contribution in [0.1, 0.15) is 43.2 Å². The predicted molar refractivity (Wildman–Crippen MR) is 72.9 cm³/mol. The van der Waals surface area contributed by atoms with E-state index in [4.69, 9.17) is 12.2 Å². The summed E-state index contributed by atoms with van der Waals surface area (Å²) in [6.07, 6.45) is 6.61. The molecule has 0 atom stereocenters. The average Bonchev–Trinajstić information content (AvgIpc) is 2.31. The van der Waals surface area contributed by atoms with Gasteiger partial charge in [0.05, 0.1) is 0 Å². The summed E-state index contributed by atoms with van der Waals surface area (Å²) >= 11 is 5.43. The molecule has 0 unspecified atom stereocenters. The van der Waals surface area contributed by atoms with E-state index in [9.17, 15) is 0 Å². The molecule has 16 heavy (non-hydrogen) atoms. The van der Waals surface area contributed by atoms with E-state index >= 15 is 0 Å². The number of thiocarbonyl (C=S) groups is 1. The fourth-order valence-electron chi connectivity index (χ4n) is 2.22. The number of aryl methyl sites for hydroxylation is 1. The van der Waals surface area contributed by atoms with Gasteiger partial charge in [-0.15, -0.1) is 0 Å². The van der Waals surface area contributed by atoms with Crippen LogP contribution in [0.3, 0.4) is 0 Å². The molecule has 0 aromatic heterocycles. The third kappa shape index (κ3) is 3.05. The van der Waals surface area contributed by atoms with Crippen LogP contribution in [0.25, 0.3) is 0 Å². The van der Waals surface area contributed by atoms with E-state index in [1.165, 1.54) is 37.7 Å². The first kappa shape index (κ1) is 11.6. The van der Waals surface area contributed by atoms with Crippen molar-refractivity contribution in [3.63, 3.8) is 0 Å². The Balaban J connectivity index is 1.94. The van der Waals surface area contributed by atoms with Crippen molar-refractivity contribution in [1.29, 1.82) is 0 Å². The number of hydrogen-bond acceptors (Lipinski definition) is 1. The lowest BCUT2D eigenvalue weighted by molar-refractivity contribution is 0.415. The molecule has 0 amide bonds. The molecule has 1 nitrogen and oxygen atoms in total. The van der Waals surface area contributed by atoms with Crippen LogP contribution < -0.4 is 5.32 Å². The van der Waals surface area contributed by atoms with Gasteiger partial charge in [0.15, 0.2) is 0 Å². The number of hydrogen-bond donors (Lipinski definition) is 1. The molecule has 1 aromatic carbocycles. The summed E-state index contributed by atoms with van der Waals surface area (Å²) < 4.78 is 0. The molecular weight excluding hydrogens is 214 g/mol. The van der Waals surface area contributed by atoms with Gasteiger partial charge in [0, 0.05) is 11.6 Å². The van der Waals surface area contributed by atoms with Crippen molar-refractivity contribution in [3.05, 3.63) is 35.4 Å². The molecule has 86 valence electrons. The topological polar surface area (TPSA) is 12.0 Å². The first-order valence-corrected chi connectivity index (χ1v) is 6.54. The molecule has 1 aromatic rings. The molecule has 1 saturated carbocycles. The molecule has 0 heterocycles. The van der Waals surface area contributed by atoms with Crippen molar-refractivity contribution in [2.45, 2.75) is 45.1 Å². The van der Waals surface area contributed by atoms with Crippen molar-refractivity contribution in [1.82, 2.24) is 5.32 Å². The summed E-state index contributed by atoms with van der Waals surface area (Å²) in [5.74, 6) is 0. The first-order valence-electron chi connectivity index (χ1n) is 6.13. The molecule has 1 aliphatic rings. The standard InChI is InChI=1S/C14H19NS/c1-11-7-9-12(10-8-11)14(16)15-13-5-3-2-4-6-13/h7-10,13H,2-6H2,1H3,(H,15,16). The quantitative estimate of drug-likeness (QED) is 0.783. The van der Waals surface area contributed by atoms with Crippen LogP contribution in [-0.2, 0) is 0 Å². The van der Waals surface area contributed by atoms with Crippen molar-refractivity contribution in [3.8, 4) is 0 Å². The van der Waals surface area contributed by atoms with E-state index < -0.39 is 0 Å². The van der Waals surface area contributed by atoms with E-state index in [2.05, 4.69) is 36.5 Å². The molecule has 2 heteroatoms. The Morgan fingerprint density at radius 1 is 1.12 bits per heavy atom. The van der Waals surface area contributed by atoms with Gasteiger partial charge in [0.2, 0.25) is 0 Å². The summed E-state index contributed by atoms with van der Waals surface area (Å²) in [6.45, 7) is 2.10. The van der Waals surface area contributed by atoms with Gasteiger partial charge in [0.25, 0.3) is 0 Å². The normalized spacial score (nSPS) is 17.1. The highest BCUT2D eigenvalue weighted by Gasteiger charge is 2.14. The Morgan fingerprint density at radius 2 is 1.75 bits per heavy atom. The Labute approximate surface area is 103 Å². The Morgan fingerprint density at radius 3 is 2.38 bits per heavy atom. The van der Waals surface area contributed by atoms with Crippen LogP contribution in [0.4, 0.5) is 0 Å². The molecule has 0 aliphatic heterocycles. The van der Waals surface area contributed by atoms with E-state index in [1.54, 1.807) is 0 Å². The van der Waals surface area contributed by atoms with Crippen molar-refractivity contribution in [2.75, 3.05) is 0 Å². The zero-order valence-electron chi connectivity index (χ0n) is 9.83. The monoisotopic (exact) mass is 233 g/mol. The summed E-state index contributed by atoms with van der Waals surface area (Å²) in [5, 5.41) is 3.49. The second kappa shape index (κ2) is 5.44. The minimum absolute atomic E-state index is 0.600. The van der Waals surface area contributed by atoms with Gasteiger partial charge in [-0.05, 0) is 19.8 Å². The second-order valence-corrected chi connectivity index (χ2v) is 5.08. The van der Waals surface area contributed by atoms with Crippen molar-refractivity contribution in [2.24, 2.45) is 0 Å². The maximum absolute atomic E-state index is 5.43. The minimum Gasteiger partial charge on any atom is -0.373 e. The van der Waals surface area contributed by atoms with Crippen LogP contribution in [-0.4, -0.2) is 11.0 Å². The lowest BCUT2D eigenvalue weighted by Gasteiger charge is -2.24. The summed E-state index contributed by atoms with van der Waals surface area (Å²) in [7, 11) is 0. The van der Waals surface area contributed by atoms with Crippen LogP contribution in [0.15, 0.2) is 24.3 Å². The number of benzene rings is 1. The zero-order valence-corrected chi connectivity index (χ0v) is 10.6. The molecule has 2 rings (SSSR count). The average molecular weight is 233 g/mol. The van der Waals surface area contributed by atoms with Crippen molar-refractivity contribution >= 4 is 17.2 Å². The van der Waals surface area contributed by atoms with E-state index in [-0.39, 0.29) is 0 Å². The SMILES string of the molecule is Cc1ccc(C(=S)NC2CCCCC2)cc1. The fourth-order valence-corrected chi connectivity index (χ4v) is 2.52. The highest BCUT2D eigenvalue weighted by Crippen LogP contribution is 2.18. The van der Waals surface area contributed by atoms with Gasteiger partial charge >= 0.3 is 0 Å². The predicted octanol–water partition coefficient (Wildman–Crippen LogP) is 3.59. The third-order valence-electron chi connectivity index (χ3n) is 3.25. The van der Waals surface area contributed by atoms with Crippen LogP contribution >= 0.6 is 12.2 Å². The van der Waals surface area contributed by atoms with E-state index in [0.29, 0.717) is 6.04 Å². The summed E-state index contributed by atoms with van der Waals surface area (Å²) in [5.41, 5.74) is 2.43. The largest absolute Gasteiger partial charge is 0.373 e. The minimum atomic E-state index is 0.600. The van der Waals surface area contributed by atoms with Crippen LogP contribution in [0.2, 0.25) is 0 Å². The zero-order chi connectivity index (χ0) is 11.4. The molecule has 1 aliphatic carbocycles. The Hall–Kier alpha value is -0.890. The smallest absolute Gasteiger partial charge is 0.106 e. The van der Waals surface area contributed by atoms with Gasteiger partial charge in [-0.25, -0.2) is 0 Å². The lowest BCUT2D eigenvalue weighted by atomic mass is 9.95. The van der Waals surface area contributed by atoms with Gasteiger partial charge in [-0.1, -0.05) is 61.3 Å².